The molecule has 4 rings (SSSR count). The fourth-order valence-electron chi connectivity index (χ4n) is 5.62. The number of benzene rings is 1. The van der Waals surface area contributed by atoms with E-state index in [1.807, 2.05) is 12.1 Å². The maximum Gasteiger partial charge on any atom is 0.145 e. The van der Waals surface area contributed by atoms with Gasteiger partial charge in [-0.25, -0.2) is 4.98 Å². The molecule has 0 bridgehead atoms. The molecule has 1 aliphatic carbocycles. The topological polar surface area (TPSA) is 69.8 Å². The molecule has 2 fully saturated rings. The van der Waals surface area contributed by atoms with Crippen LogP contribution in [0, 0.1) is 5.92 Å². The second kappa shape index (κ2) is 12.2. The third kappa shape index (κ3) is 6.21. The van der Waals surface area contributed by atoms with Crippen LogP contribution in [0.2, 0.25) is 0 Å². The molecule has 6 nitrogen and oxygen atoms in total. The first-order valence-electron chi connectivity index (χ1n) is 13.2. The van der Waals surface area contributed by atoms with Crippen molar-refractivity contribution >= 4 is 10.9 Å². The monoisotopic (exact) mass is 469 g/mol. The second-order valence-corrected chi connectivity index (χ2v) is 10.3. The number of pyridine rings is 1. The quantitative estimate of drug-likeness (QED) is 0.496. The van der Waals surface area contributed by atoms with E-state index in [9.17, 15) is 0 Å². The van der Waals surface area contributed by atoms with Gasteiger partial charge in [-0.3, -0.25) is 4.90 Å². The maximum atomic E-state index is 6.62. The molecule has 2 atom stereocenters. The van der Waals surface area contributed by atoms with Crippen LogP contribution in [0.4, 0.5) is 0 Å². The van der Waals surface area contributed by atoms with Crippen molar-refractivity contribution in [2.75, 3.05) is 33.5 Å². The molecule has 34 heavy (non-hydrogen) atoms. The predicted octanol–water partition coefficient (Wildman–Crippen LogP) is 4.96. The number of aromatic nitrogens is 1. The minimum absolute atomic E-state index is 0.157. The Morgan fingerprint density at radius 2 is 1.85 bits per heavy atom. The van der Waals surface area contributed by atoms with Crippen LogP contribution in [0.15, 0.2) is 24.3 Å². The van der Waals surface area contributed by atoms with Gasteiger partial charge in [0.05, 0.1) is 13.2 Å². The lowest BCUT2D eigenvalue weighted by Gasteiger charge is -2.42. The van der Waals surface area contributed by atoms with E-state index in [4.69, 9.17) is 24.9 Å². The van der Waals surface area contributed by atoms with Crippen molar-refractivity contribution in [3.63, 3.8) is 0 Å². The van der Waals surface area contributed by atoms with E-state index >= 15 is 0 Å². The standard InChI is InChI=1S/C28H43N3O3/c1-20(2)31-14-8-12-24(29)25(31)17-22-18-27(33-16-15-32-3)23-11-7-13-26(28(23)30-22)34-19-21-9-5-4-6-10-21/h7,11,13,18,20-21,24-25H,4-6,8-10,12,14-17,19,29H2,1-3H3. The molecule has 2 aromatic rings. The van der Waals surface area contributed by atoms with Gasteiger partial charge in [0.25, 0.3) is 0 Å². The van der Waals surface area contributed by atoms with Crippen LogP contribution in [-0.2, 0) is 11.2 Å². The molecule has 1 saturated heterocycles. The van der Waals surface area contributed by atoms with Crippen molar-refractivity contribution in [1.29, 1.82) is 0 Å². The fraction of sp³-hybridized carbons (Fsp3) is 0.679. The lowest BCUT2D eigenvalue weighted by atomic mass is 9.90. The second-order valence-electron chi connectivity index (χ2n) is 10.3. The van der Waals surface area contributed by atoms with Crippen molar-refractivity contribution in [2.24, 2.45) is 11.7 Å². The first kappa shape index (κ1) is 25.2. The molecule has 2 N–H and O–H groups in total. The molecule has 2 aliphatic rings. The molecule has 2 heterocycles. The van der Waals surface area contributed by atoms with Crippen LogP contribution in [0.25, 0.3) is 10.9 Å². The third-order valence-corrected chi connectivity index (χ3v) is 7.52. The number of rotatable bonds is 10. The Kier molecular flexibility index (Phi) is 9.04. The predicted molar refractivity (Wildman–Crippen MR) is 138 cm³/mol. The molecule has 6 heteroatoms. The van der Waals surface area contributed by atoms with Crippen molar-refractivity contribution < 1.29 is 14.2 Å². The summed E-state index contributed by atoms with van der Waals surface area (Å²) in [4.78, 5) is 7.67. The van der Waals surface area contributed by atoms with Crippen LogP contribution in [0.1, 0.15) is 64.5 Å². The molecule has 0 radical (unpaired) electrons. The van der Waals surface area contributed by atoms with E-state index in [0.717, 1.165) is 60.5 Å². The fourth-order valence-corrected chi connectivity index (χ4v) is 5.62. The number of nitrogens with zero attached hydrogens (tertiary/aromatic N) is 2. The van der Waals surface area contributed by atoms with Crippen molar-refractivity contribution in [2.45, 2.75) is 83.3 Å². The highest BCUT2D eigenvalue weighted by molar-refractivity contribution is 5.90. The number of likely N-dealkylation sites (tertiary alicyclic amines) is 1. The summed E-state index contributed by atoms with van der Waals surface area (Å²) in [6, 6.07) is 9.17. The number of para-hydroxylation sites is 1. The molecule has 1 aliphatic heterocycles. The highest BCUT2D eigenvalue weighted by Gasteiger charge is 2.31. The zero-order valence-corrected chi connectivity index (χ0v) is 21.3. The van der Waals surface area contributed by atoms with Crippen LogP contribution >= 0.6 is 0 Å². The Balaban J connectivity index is 1.63. The number of hydrogen-bond acceptors (Lipinski definition) is 6. The Morgan fingerprint density at radius 1 is 1.03 bits per heavy atom. The lowest BCUT2D eigenvalue weighted by molar-refractivity contribution is 0.0939. The zero-order chi connectivity index (χ0) is 23.9. The van der Waals surface area contributed by atoms with Gasteiger partial charge in [-0.2, -0.15) is 0 Å². The van der Waals surface area contributed by atoms with Gasteiger partial charge >= 0.3 is 0 Å². The van der Waals surface area contributed by atoms with E-state index in [-0.39, 0.29) is 12.1 Å². The number of piperidine rings is 1. The third-order valence-electron chi connectivity index (χ3n) is 7.52. The van der Waals surface area contributed by atoms with Crippen LogP contribution < -0.4 is 15.2 Å². The maximum absolute atomic E-state index is 6.62. The minimum Gasteiger partial charge on any atom is -0.491 e. The van der Waals surface area contributed by atoms with Crippen LogP contribution in [0.5, 0.6) is 11.5 Å². The van der Waals surface area contributed by atoms with Crippen LogP contribution in [0.3, 0.4) is 0 Å². The van der Waals surface area contributed by atoms with Gasteiger partial charge < -0.3 is 19.9 Å². The van der Waals surface area contributed by atoms with Crippen LogP contribution in [-0.4, -0.2) is 61.5 Å². The number of nitrogens with two attached hydrogens (primary N) is 1. The molecule has 1 aromatic heterocycles. The molecular formula is C28H43N3O3. The van der Waals surface area contributed by atoms with Gasteiger partial charge in [0.2, 0.25) is 0 Å². The highest BCUT2D eigenvalue weighted by Crippen LogP contribution is 2.34. The van der Waals surface area contributed by atoms with E-state index in [0.29, 0.717) is 25.2 Å². The summed E-state index contributed by atoms with van der Waals surface area (Å²) in [7, 11) is 1.70. The van der Waals surface area contributed by atoms with E-state index in [2.05, 4.69) is 30.9 Å². The molecular weight excluding hydrogens is 426 g/mol. The zero-order valence-electron chi connectivity index (χ0n) is 21.3. The summed E-state index contributed by atoms with van der Waals surface area (Å²) in [5, 5.41) is 0.995. The summed E-state index contributed by atoms with van der Waals surface area (Å²) < 4.78 is 17.8. The summed E-state index contributed by atoms with van der Waals surface area (Å²) in [5.41, 5.74) is 8.53. The molecule has 1 aromatic carbocycles. The van der Waals surface area contributed by atoms with Crippen molar-refractivity contribution in [1.82, 2.24) is 9.88 Å². The summed E-state index contributed by atoms with van der Waals surface area (Å²) in [6.45, 7) is 7.43. The van der Waals surface area contributed by atoms with Gasteiger partial charge in [0.1, 0.15) is 23.6 Å². The van der Waals surface area contributed by atoms with Crippen molar-refractivity contribution in [3.8, 4) is 11.5 Å². The van der Waals surface area contributed by atoms with Gasteiger partial charge in [-0.05, 0) is 64.1 Å². The number of ether oxygens (including phenoxy) is 3. The molecule has 0 spiro atoms. The first-order chi connectivity index (χ1) is 16.6. The van der Waals surface area contributed by atoms with E-state index in [1.54, 1.807) is 7.11 Å². The number of hydrogen-bond donors (Lipinski definition) is 1. The SMILES string of the molecule is COCCOc1cc(CC2C(N)CCCN2C(C)C)nc2c(OCC3CCCCC3)cccc12. The molecule has 1 saturated carbocycles. The highest BCUT2D eigenvalue weighted by atomic mass is 16.5. The average Bonchev–Trinajstić information content (AvgIpc) is 2.84. The smallest absolute Gasteiger partial charge is 0.145 e. The summed E-state index contributed by atoms with van der Waals surface area (Å²) in [5.74, 6) is 2.35. The Morgan fingerprint density at radius 3 is 2.62 bits per heavy atom. The van der Waals surface area contributed by atoms with Gasteiger partial charge in [0.15, 0.2) is 0 Å². The molecule has 0 amide bonds. The summed E-state index contributed by atoms with van der Waals surface area (Å²) >= 11 is 0. The van der Waals surface area contributed by atoms with E-state index < -0.39 is 0 Å². The largest absolute Gasteiger partial charge is 0.491 e. The number of methoxy groups -OCH3 is 1. The van der Waals surface area contributed by atoms with Gasteiger partial charge in [-0.1, -0.05) is 25.3 Å². The van der Waals surface area contributed by atoms with E-state index in [1.165, 1.54) is 32.1 Å². The first-order valence-corrected chi connectivity index (χ1v) is 13.2. The Bertz CT molecular complexity index is 913. The summed E-state index contributed by atoms with van der Waals surface area (Å²) in [6.07, 6.45) is 9.55. The average molecular weight is 470 g/mol. The Hall–Kier alpha value is -1.89. The number of fused-ring (bicyclic) bond motifs is 1. The van der Waals surface area contributed by atoms with Crippen molar-refractivity contribution in [3.05, 3.63) is 30.0 Å². The molecule has 188 valence electrons. The van der Waals surface area contributed by atoms with Gasteiger partial charge in [-0.15, -0.1) is 0 Å². The Labute approximate surface area is 205 Å². The lowest BCUT2D eigenvalue weighted by Crippen LogP contribution is -2.55. The van der Waals surface area contributed by atoms with Gasteiger partial charge in [0, 0.05) is 48.8 Å². The minimum atomic E-state index is 0.157. The normalized spacial score (nSPS) is 22.4. The molecule has 2 unspecified atom stereocenters.